The van der Waals surface area contributed by atoms with Crippen molar-refractivity contribution in [1.82, 2.24) is 4.90 Å². The molecule has 0 fully saturated rings. The van der Waals surface area contributed by atoms with Crippen LogP contribution in [0.5, 0.6) is 0 Å². The molecule has 96 valence electrons. The number of carbonyl (C=O) groups excluding carboxylic acids is 1. The second-order valence-electron chi connectivity index (χ2n) is 3.72. The van der Waals surface area contributed by atoms with Crippen LogP contribution in [0.3, 0.4) is 0 Å². The van der Waals surface area contributed by atoms with E-state index in [1.807, 2.05) is 0 Å². The van der Waals surface area contributed by atoms with Crippen molar-refractivity contribution in [2.75, 3.05) is 7.05 Å². The Balaban J connectivity index is 0.00000256. The van der Waals surface area contributed by atoms with Crippen LogP contribution >= 0.6 is 12.4 Å². The summed E-state index contributed by atoms with van der Waals surface area (Å²) in [6.45, 7) is 1.63. The molecule has 0 aliphatic heterocycles. The zero-order valence-corrected chi connectivity index (χ0v) is 10.4. The average molecular weight is 265 g/mol. The SMILES string of the molecule is C[C@H](N)C(=O)N(C)Cc1ccc(F)cc1F.Cl. The Hall–Kier alpha value is -1.20. The summed E-state index contributed by atoms with van der Waals surface area (Å²) >= 11 is 0. The summed E-state index contributed by atoms with van der Waals surface area (Å²) in [5, 5.41) is 0. The van der Waals surface area contributed by atoms with Crippen molar-refractivity contribution in [1.29, 1.82) is 0 Å². The molecule has 3 nitrogen and oxygen atoms in total. The lowest BCUT2D eigenvalue weighted by atomic mass is 10.2. The smallest absolute Gasteiger partial charge is 0.239 e. The highest BCUT2D eigenvalue weighted by Gasteiger charge is 2.15. The second kappa shape index (κ2) is 6.51. The van der Waals surface area contributed by atoms with Crippen LogP contribution in [0.15, 0.2) is 18.2 Å². The monoisotopic (exact) mass is 264 g/mol. The lowest BCUT2D eigenvalue weighted by Crippen LogP contribution is -2.39. The van der Waals surface area contributed by atoms with Gasteiger partial charge in [0.25, 0.3) is 0 Å². The number of nitrogens with zero attached hydrogens (tertiary/aromatic N) is 1. The Kier molecular flexibility index (Phi) is 6.05. The Morgan fingerprint density at radius 2 is 2.06 bits per heavy atom. The molecule has 0 aromatic heterocycles. The molecule has 17 heavy (non-hydrogen) atoms. The molecule has 0 heterocycles. The van der Waals surface area contributed by atoms with E-state index in [0.29, 0.717) is 0 Å². The molecule has 1 aromatic carbocycles. The van der Waals surface area contributed by atoms with Crippen LogP contribution in [0.25, 0.3) is 0 Å². The number of benzene rings is 1. The van der Waals surface area contributed by atoms with E-state index >= 15 is 0 Å². The molecule has 1 atom stereocenters. The summed E-state index contributed by atoms with van der Waals surface area (Å²) in [7, 11) is 1.52. The van der Waals surface area contributed by atoms with Gasteiger partial charge in [-0.2, -0.15) is 0 Å². The van der Waals surface area contributed by atoms with Crippen LogP contribution in [0.4, 0.5) is 8.78 Å². The lowest BCUT2D eigenvalue weighted by molar-refractivity contribution is -0.131. The van der Waals surface area contributed by atoms with E-state index in [2.05, 4.69) is 0 Å². The quantitative estimate of drug-likeness (QED) is 0.903. The van der Waals surface area contributed by atoms with E-state index in [9.17, 15) is 13.6 Å². The van der Waals surface area contributed by atoms with Gasteiger partial charge in [-0.1, -0.05) is 6.07 Å². The second-order valence-corrected chi connectivity index (χ2v) is 3.72. The fourth-order valence-electron chi connectivity index (χ4n) is 1.33. The van der Waals surface area contributed by atoms with Gasteiger partial charge in [0, 0.05) is 25.2 Å². The van der Waals surface area contributed by atoms with Gasteiger partial charge in [-0.15, -0.1) is 12.4 Å². The number of hydrogen-bond acceptors (Lipinski definition) is 2. The normalized spacial score (nSPS) is 11.6. The Morgan fingerprint density at radius 3 is 2.53 bits per heavy atom. The van der Waals surface area contributed by atoms with E-state index in [1.165, 1.54) is 18.0 Å². The van der Waals surface area contributed by atoms with Crippen LogP contribution < -0.4 is 5.73 Å². The van der Waals surface area contributed by atoms with Crippen molar-refractivity contribution in [3.63, 3.8) is 0 Å². The minimum atomic E-state index is -0.663. The van der Waals surface area contributed by atoms with Gasteiger partial charge in [-0.25, -0.2) is 8.78 Å². The molecular formula is C11H15ClF2N2O. The van der Waals surface area contributed by atoms with Gasteiger partial charge in [0.05, 0.1) is 6.04 Å². The maximum absolute atomic E-state index is 13.3. The Labute approximate surface area is 105 Å². The minimum Gasteiger partial charge on any atom is -0.340 e. The minimum absolute atomic E-state index is 0. The molecule has 0 aliphatic carbocycles. The molecule has 0 spiro atoms. The van der Waals surface area contributed by atoms with Crippen LogP contribution in [-0.4, -0.2) is 23.9 Å². The molecule has 0 radical (unpaired) electrons. The van der Waals surface area contributed by atoms with Gasteiger partial charge in [0.2, 0.25) is 5.91 Å². The Bertz CT molecular complexity index is 399. The van der Waals surface area contributed by atoms with Crippen molar-refractivity contribution < 1.29 is 13.6 Å². The third-order valence-electron chi connectivity index (χ3n) is 2.19. The maximum atomic E-state index is 13.3. The number of hydrogen-bond donors (Lipinski definition) is 1. The van der Waals surface area contributed by atoms with Gasteiger partial charge < -0.3 is 10.6 Å². The van der Waals surface area contributed by atoms with Gasteiger partial charge in [-0.3, -0.25) is 4.79 Å². The van der Waals surface area contributed by atoms with Crippen molar-refractivity contribution in [2.45, 2.75) is 19.5 Å². The van der Waals surface area contributed by atoms with Crippen LogP contribution in [0.1, 0.15) is 12.5 Å². The van der Waals surface area contributed by atoms with E-state index < -0.39 is 17.7 Å². The molecule has 0 aliphatic rings. The number of nitrogens with two attached hydrogens (primary N) is 1. The highest BCUT2D eigenvalue weighted by molar-refractivity contribution is 5.85. The molecule has 0 saturated heterocycles. The van der Waals surface area contributed by atoms with Gasteiger partial charge in [0.1, 0.15) is 11.6 Å². The summed E-state index contributed by atoms with van der Waals surface area (Å²) in [6.07, 6.45) is 0. The van der Waals surface area contributed by atoms with Crippen LogP contribution in [0.2, 0.25) is 0 Å². The number of rotatable bonds is 3. The van der Waals surface area contributed by atoms with Crippen molar-refractivity contribution >= 4 is 18.3 Å². The van der Waals surface area contributed by atoms with Crippen LogP contribution in [0, 0.1) is 11.6 Å². The van der Waals surface area contributed by atoms with E-state index in [-0.39, 0.29) is 30.4 Å². The predicted molar refractivity (Wildman–Crippen MR) is 63.7 cm³/mol. The number of halogens is 3. The van der Waals surface area contributed by atoms with Crippen molar-refractivity contribution in [3.05, 3.63) is 35.4 Å². The Morgan fingerprint density at radius 1 is 1.47 bits per heavy atom. The van der Waals surface area contributed by atoms with Crippen molar-refractivity contribution in [3.8, 4) is 0 Å². The summed E-state index contributed by atoms with van der Waals surface area (Å²) in [4.78, 5) is 12.7. The van der Waals surface area contributed by atoms with E-state index in [0.717, 1.165) is 12.1 Å². The average Bonchev–Trinajstić information content (AvgIpc) is 2.20. The fourth-order valence-corrected chi connectivity index (χ4v) is 1.33. The molecule has 1 aromatic rings. The molecule has 1 amide bonds. The maximum Gasteiger partial charge on any atom is 0.239 e. The zero-order chi connectivity index (χ0) is 12.3. The number of carbonyl (C=O) groups is 1. The van der Waals surface area contributed by atoms with Gasteiger partial charge in [-0.05, 0) is 13.0 Å². The third kappa shape index (κ3) is 4.28. The molecule has 0 unspecified atom stereocenters. The highest BCUT2D eigenvalue weighted by Crippen LogP contribution is 2.11. The lowest BCUT2D eigenvalue weighted by Gasteiger charge is -2.19. The summed E-state index contributed by atoms with van der Waals surface area (Å²) in [5.74, 6) is -1.59. The molecule has 1 rings (SSSR count). The third-order valence-corrected chi connectivity index (χ3v) is 2.19. The van der Waals surface area contributed by atoms with E-state index in [4.69, 9.17) is 5.73 Å². The first-order valence-corrected chi connectivity index (χ1v) is 4.86. The molecule has 0 bridgehead atoms. The first-order valence-electron chi connectivity index (χ1n) is 4.86. The molecule has 6 heteroatoms. The van der Waals surface area contributed by atoms with Crippen LogP contribution in [-0.2, 0) is 11.3 Å². The van der Waals surface area contributed by atoms with Gasteiger partial charge in [0.15, 0.2) is 0 Å². The zero-order valence-electron chi connectivity index (χ0n) is 9.61. The number of amides is 1. The molecule has 0 saturated carbocycles. The van der Waals surface area contributed by atoms with Gasteiger partial charge >= 0.3 is 0 Å². The largest absolute Gasteiger partial charge is 0.340 e. The molecule has 2 N–H and O–H groups in total. The predicted octanol–water partition coefficient (Wildman–Crippen LogP) is 1.69. The highest BCUT2D eigenvalue weighted by atomic mass is 35.5. The van der Waals surface area contributed by atoms with E-state index in [1.54, 1.807) is 6.92 Å². The fraction of sp³-hybridized carbons (Fsp3) is 0.364. The molecular weight excluding hydrogens is 250 g/mol. The summed E-state index contributed by atoms with van der Waals surface area (Å²) in [6, 6.07) is 2.63. The number of likely N-dealkylation sites (N-methyl/N-ethyl adjacent to an activating group) is 1. The topological polar surface area (TPSA) is 46.3 Å². The standard InChI is InChI=1S/C11H14F2N2O.ClH/c1-7(14)11(16)15(2)6-8-3-4-9(12)5-10(8)13;/h3-5,7H,6,14H2,1-2H3;1H/t7-;/m0./s1. The summed E-state index contributed by atoms with van der Waals surface area (Å²) < 4.78 is 25.9. The first-order chi connectivity index (χ1) is 7.41. The van der Waals surface area contributed by atoms with Crippen molar-refractivity contribution in [2.24, 2.45) is 5.73 Å². The first kappa shape index (κ1) is 15.8. The summed E-state index contributed by atoms with van der Waals surface area (Å²) in [5.41, 5.74) is 5.67.